The molecule has 1 heterocycles. The summed E-state index contributed by atoms with van der Waals surface area (Å²) < 4.78 is 27.3. The van der Waals surface area contributed by atoms with E-state index in [2.05, 4.69) is 23.8 Å². The normalized spacial score (nSPS) is 17.4. The summed E-state index contributed by atoms with van der Waals surface area (Å²) in [5.74, 6) is 1.14. The maximum Gasteiger partial charge on any atom is 0.260 e. The molecule has 0 spiro atoms. The maximum atomic E-state index is 12.8. The third kappa shape index (κ3) is 3.41. The number of H-pyrrole nitrogens is 1. The minimum atomic E-state index is -3.44. The second kappa shape index (κ2) is 6.26. The van der Waals surface area contributed by atoms with Gasteiger partial charge in [-0.05, 0) is 32.1 Å². The van der Waals surface area contributed by atoms with Crippen LogP contribution in [0.15, 0.2) is 11.2 Å². The quantitative estimate of drug-likeness (QED) is 0.878. The van der Waals surface area contributed by atoms with Gasteiger partial charge >= 0.3 is 0 Å². The van der Waals surface area contributed by atoms with Crippen molar-refractivity contribution in [3.8, 4) is 0 Å². The Bertz CT molecular complexity index is 530. The summed E-state index contributed by atoms with van der Waals surface area (Å²) in [6.45, 7) is 6.62. The fourth-order valence-corrected chi connectivity index (χ4v) is 4.40. The van der Waals surface area contributed by atoms with Gasteiger partial charge in [-0.15, -0.1) is 0 Å². The van der Waals surface area contributed by atoms with Crippen molar-refractivity contribution >= 4 is 10.0 Å². The summed E-state index contributed by atoms with van der Waals surface area (Å²) in [7, 11) is -3.44. The molecule has 1 aromatic heterocycles. The van der Waals surface area contributed by atoms with Gasteiger partial charge in [-0.1, -0.05) is 26.7 Å². The van der Waals surface area contributed by atoms with Gasteiger partial charge in [0.15, 0.2) is 5.03 Å². The van der Waals surface area contributed by atoms with Gasteiger partial charge in [0.2, 0.25) is 0 Å². The zero-order chi connectivity index (χ0) is 14.8. The first kappa shape index (κ1) is 15.5. The lowest BCUT2D eigenvalue weighted by Crippen LogP contribution is -2.40. The molecule has 1 N–H and O–H groups in total. The van der Waals surface area contributed by atoms with Gasteiger partial charge in [0.05, 0.1) is 6.20 Å². The lowest BCUT2D eigenvalue weighted by atomic mass is 10.1. The average Bonchev–Trinajstić information content (AvgIpc) is 3.00. The van der Waals surface area contributed by atoms with Gasteiger partial charge in [0.25, 0.3) is 10.0 Å². The molecule has 1 aromatic rings. The van der Waals surface area contributed by atoms with Crippen LogP contribution >= 0.6 is 0 Å². The molecular formula is C14H25N3O2S. The molecule has 5 nitrogen and oxygen atoms in total. The first-order valence-electron chi connectivity index (χ1n) is 7.44. The number of aromatic nitrogens is 2. The Morgan fingerprint density at radius 2 is 2.05 bits per heavy atom. The van der Waals surface area contributed by atoms with Crippen molar-refractivity contribution in [1.82, 2.24) is 14.3 Å². The van der Waals surface area contributed by atoms with Crippen LogP contribution in [0.5, 0.6) is 0 Å². The molecule has 0 saturated heterocycles. The van der Waals surface area contributed by atoms with Crippen molar-refractivity contribution < 1.29 is 8.42 Å². The number of rotatable bonds is 6. The van der Waals surface area contributed by atoms with Crippen molar-refractivity contribution in [2.75, 3.05) is 6.54 Å². The van der Waals surface area contributed by atoms with Gasteiger partial charge in [-0.3, -0.25) is 0 Å². The second-order valence-electron chi connectivity index (χ2n) is 6.07. The fraction of sp³-hybridized carbons (Fsp3) is 0.786. The van der Waals surface area contributed by atoms with E-state index in [1.165, 1.54) is 6.20 Å². The number of hydrogen-bond acceptors (Lipinski definition) is 3. The monoisotopic (exact) mass is 299 g/mol. The summed E-state index contributed by atoms with van der Waals surface area (Å²) in [6, 6.07) is 0.155. The molecule has 2 rings (SSSR count). The molecule has 0 amide bonds. The lowest BCUT2D eigenvalue weighted by Gasteiger charge is -2.28. The van der Waals surface area contributed by atoms with Crippen LogP contribution in [0, 0.1) is 12.8 Å². The van der Waals surface area contributed by atoms with E-state index in [-0.39, 0.29) is 11.1 Å². The summed E-state index contributed by atoms with van der Waals surface area (Å²) in [6.07, 6.45) is 6.53. The lowest BCUT2D eigenvalue weighted by molar-refractivity contribution is 0.304. The first-order chi connectivity index (χ1) is 9.41. The van der Waals surface area contributed by atoms with Gasteiger partial charge in [-0.2, -0.15) is 4.31 Å². The topological polar surface area (TPSA) is 66.1 Å². The predicted octanol–water partition coefficient (Wildman–Crippen LogP) is 2.70. The molecule has 0 aromatic carbocycles. The largest absolute Gasteiger partial charge is 0.332 e. The summed E-state index contributed by atoms with van der Waals surface area (Å²) >= 11 is 0. The highest BCUT2D eigenvalue weighted by Gasteiger charge is 2.34. The predicted molar refractivity (Wildman–Crippen MR) is 78.9 cm³/mol. The average molecular weight is 299 g/mol. The third-order valence-corrected chi connectivity index (χ3v) is 5.79. The Balaban J connectivity index is 2.24. The number of nitrogens with one attached hydrogen (secondary N) is 1. The number of hydrogen-bond donors (Lipinski definition) is 1. The number of imidazole rings is 1. The molecule has 0 aliphatic heterocycles. The third-order valence-electron chi connectivity index (χ3n) is 3.92. The highest BCUT2D eigenvalue weighted by atomic mass is 32.2. The summed E-state index contributed by atoms with van der Waals surface area (Å²) in [5.41, 5.74) is 0. The van der Waals surface area contributed by atoms with Crippen LogP contribution in [0.25, 0.3) is 0 Å². The number of nitrogens with zero attached hydrogens (tertiary/aromatic N) is 2. The minimum Gasteiger partial charge on any atom is -0.332 e. The zero-order valence-corrected chi connectivity index (χ0v) is 13.4. The molecule has 0 radical (unpaired) electrons. The van der Waals surface area contributed by atoms with Gasteiger partial charge in [0, 0.05) is 12.6 Å². The van der Waals surface area contributed by atoms with Crippen LogP contribution in [-0.4, -0.2) is 35.3 Å². The molecule has 1 aliphatic carbocycles. The molecule has 114 valence electrons. The number of sulfonamides is 1. The van der Waals surface area contributed by atoms with Crippen molar-refractivity contribution in [2.24, 2.45) is 5.92 Å². The highest BCUT2D eigenvalue weighted by Crippen LogP contribution is 2.28. The van der Waals surface area contributed by atoms with E-state index in [1.54, 1.807) is 11.2 Å². The van der Waals surface area contributed by atoms with Crippen LogP contribution in [0.4, 0.5) is 0 Å². The minimum absolute atomic E-state index is 0.155. The zero-order valence-electron chi connectivity index (χ0n) is 12.6. The van der Waals surface area contributed by atoms with Crippen LogP contribution in [0.2, 0.25) is 0 Å². The van der Waals surface area contributed by atoms with E-state index in [4.69, 9.17) is 0 Å². The Labute approximate surface area is 121 Å². The molecule has 1 aliphatic rings. The van der Waals surface area contributed by atoms with Crippen molar-refractivity contribution in [2.45, 2.75) is 63.9 Å². The van der Waals surface area contributed by atoms with E-state index in [0.29, 0.717) is 18.3 Å². The molecule has 0 unspecified atom stereocenters. The molecule has 1 fully saturated rings. The highest BCUT2D eigenvalue weighted by molar-refractivity contribution is 7.89. The Hall–Kier alpha value is -0.880. The van der Waals surface area contributed by atoms with Crippen LogP contribution in [-0.2, 0) is 10.0 Å². The molecule has 1 saturated carbocycles. The van der Waals surface area contributed by atoms with E-state index in [0.717, 1.165) is 32.1 Å². The standard InChI is InChI=1S/C14H25N3O2S/c1-11(2)8-9-17(13-6-4-5-7-13)20(18,19)14-10-15-12(3)16-14/h10-11,13H,4-9H2,1-3H3,(H,15,16). The van der Waals surface area contributed by atoms with E-state index in [1.807, 2.05) is 0 Å². The molecular weight excluding hydrogens is 274 g/mol. The van der Waals surface area contributed by atoms with E-state index < -0.39 is 10.0 Å². The Kier molecular flexibility index (Phi) is 4.86. The number of aryl methyl sites for hydroxylation is 1. The smallest absolute Gasteiger partial charge is 0.260 e. The maximum absolute atomic E-state index is 12.8. The summed E-state index contributed by atoms with van der Waals surface area (Å²) in [4.78, 5) is 6.89. The van der Waals surface area contributed by atoms with Crippen molar-refractivity contribution in [1.29, 1.82) is 0 Å². The second-order valence-corrected chi connectivity index (χ2v) is 7.93. The van der Waals surface area contributed by atoms with Gasteiger partial charge in [0.1, 0.15) is 5.82 Å². The van der Waals surface area contributed by atoms with Crippen LogP contribution in [0.1, 0.15) is 51.8 Å². The van der Waals surface area contributed by atoms with E-state index in [9.17, 15) is 8.42 Å². The van der Waals surface area contributed by atoms with Crippen molar-refractivity contribution in [3.63, 3.8) is 0 Å². The van der Waals surface area contributed by atoms with E-state index >= 15 is 0 Å². The Morgan fingerprint density at radius 3 is 2.55 bits per heavy atom. The molecule has 0 atom stereocenters. The number of aromatic amines is 1. The van der Waals surface area contributed by atoms with Gasteiger partial charge in [-0.25, -0.2) is 13.4 Å². The molecule has 6 heteroatoms. The molecule has 20 heavy (non-hydrogen) atoms. The first-order valence-corrected chi connectivity index (χ1v) is 8.88. The van der Waals surface area contributed by atoms with Crippen molar-refractivity contribution in [3.05, 3.63) is 12.0 Å². The SMILES string of the molecule is Cc1ncc(S(=O)(=O)N(CCC(C)C)C2CCCC2)[nH]1. The van der Waals surface area contributed by atoms with Crippen LogP contribution < -0.4 is 0 Å². The molecule has 0 bridgehead atoms. The fourth-order valence-electron chi connectivity index (χ4n) is 2.73. The van der Waals surface area contributed by atoms with Crippen LogP contribution in [0.3, 0.4) is 0 Å². The summed E-state index contributed by atoms with van der Waals surface area (Å²) in [5, 5.41) is 0.227. The Morgan fingerprint density at radius 1 is 1.40 bits per heavy atom. The van der Waals surface area contributed by atoms with Gasteiger partial charge < -0.3 is 4.98 Å².